The van der Waals surface area contributed by atoms with Crippen LogP contribution in [-0.2, 0) is 0 Å². The van der Waals surface area contributed by atoms with Gasteiger partial charge in [-0.25, -0.2) is 0 Å². The average molecular weight is 535 g/mol. The van der Waals surface area contributed by atoms with Crippen molar-refractivity contribution >= 4 is 0 Å². The Hall–Kier alpha value is 0. The van der Waals surface area contributed by atoms with Gasteiger partial charge in [0.05, 0.1) is 0 Å². The van der Waals surface area contributed by atoms with Crippen molar-refractivity contribution in [1.29, 1.82) is 0 Å². The lowest BCUT2D eigenvalue weighted by Gasteiger charge is -2.16. The van der Waals surface area contributed by atoms with E-state index in [1.165, 1.54) is 193 Å². The first-order valence-corrected chi connectivity index (χ1v) is 18.6. The second-order valence-corrected chi connectivity index (χ2v) is 13.8. The molecule has 0 heteroatoms. The van der Waals surface area contributed by atoms with Crippen molar-refractivity contribution in [3.05, 3.63) is 0 Å². The van der Waals surface area contributed by atoms with Crippen molar-refractivity contribution < 1.29 is 0 Å². The molecule has 0 N–H and O–H groups in total. The highest BCUT2D eigenvalue weighted by atomic mass is 14.1. The van der Waals surface area contributed by atoms with Gasteiger partial charge in [0.2, 0.25) is 0 Å². The second-order valence-electron chi connectivity index (χ2n) is 13.8. The van der Waals surface area contributed by atoms with Crippen LogP contribution in [0.4, 0.5) is 0 Å². The molecular weight excluding hydrogens is 456 g/mol. The van der Waals surface area contributed by atoms with E-state index in [0.717, 1.165) is 17.8 Å². The Morgan fingerprint density at radius 3 is 0.658 bits per heavy atom. The van der Waals surface area contributed by atoms with Gasteiger partial charge in [-0.1, -0.05) is 227 Å². The summed E-state index contributed by atoms with van der Waals surface area (Å²) >= 11 is 0. The lowest BCUT2D eigenvalue weighted by atomic mass is 9.90. The standard InChI is InChI=1S/C38H78/c1-6-8-10-12-14-15-16-17-18-19-20-21-22-23-25-27-31-37(4)33-29-35-38(5)34-28-32-36(3)30-26-24-13-11-9-7-2/h36-38H,6-35H2,1-5H3. The fourth-order valence-corrected chi connectivity index (χ4v) is 6.38. The van der Waals surface area contributed by atoms with E-state index in [2.05, 4.69) is 34.6 Å². The lowest BCUT2D eigenvalue weighted by Crippen LogP contribution is -2.01. The van der Waals surface area contributed by atoms with Gasteiger partial charge in [-0.3, -0.25) is 0 Å². The van der Waals surface area contributed by atoms with E-state index >= 15 is 0 Å². The monoisotopic (exact) mass is 535 g/mol. The van der Waals surface area contributed by atoms with E-state index in [9.17, 15) is 0 Å². The number of unbranched alkanes of at least 4 members (excludes halogenated alkanes) is 20. The Kier molecular flexibility index (Phi) is 31.5. The van der Waals surface area contributed by atoms with Crippen LogP contribution < -0.4 is 0 Å². The molecule has 230 valence electrons. The number of hydrogen-bond acceptors (Lipinski definition) is 0. The van der Waals surface area contributed by atoms with Gasteiger partial charge in [-0.05, 0) is 17.8 Å². The molecule has 3 unspecified atom stereocenters. The van der Waals surface area contributed by atoms with Crippen molar-refractivity contribution in [3.8, 4) is 0 Å². The van der Waals surface area contributed by atoms with Gasteiger partial charge in [-0.15, -0.1) is 0 Å². The Morgan fingerprint density at radius 1 is 0.237 bits per heavy atom. The first-order chi connectivity index (χ1) is 18.6. The highest BCUT2D eigenvalue weighted by Crippen LogP contribution is 2.23. The minimum atomic E-state index is 0.944. The molecule has 0 heterocycles. The summed E-state index contributed by atoms with van der Waals surface area (Å²) in [5, 5.41) is 0. The van der Waals surface area contributed by atoms with Gasteiger partial charge in [0.15, 0.2) is 0 Å². The summed E-state index contributed by atoms with van der Waals surface area (Å²) in [4.78, 5) is 0. The van der Waals surface area contributed by atoms with E-state index in [1.54, 1.807) is 0 Å². The Balaban J connectivity index is 3.34. The van der Waals surface area contributed by atoms with Crippen molar-refractivity contribution in [2.24, 2.45) is 17.8 Å². The second kappa shape index (κ2) is 31.5. The third-order valence-corrected chi connectivity index (χ3v) is 9.39. The molecular formula is C38H78. The predicted molar refractivity (Wildman–Crippen MR) is 177 cm³/mol. The van der Waals surface area contributed by atoms with E-state index in [0.29, 0.717) is 0 Å². The summed E-state index contributed by atoms with van der Waals surface area (Å²) in [5.74, 6) is 2.85. The summed E-state index contributed by atoms with van der Waals surface area (Å²) in [6, 6.07) is 0. The number of rotatable bonds is 32. The van der Waals surface area contributed by atoms with Gasteiger partial charge in [0, 0.05) is 0 Å². The number of hydrogen-bond donors (Lipinski definition) is 0. The molecule has 0 radical (unpaired) electrons. The smallest absolute Gasteiger partial charge is 0.0443 e. The van der Waals surface area contributed by atoms with Crippen LogP contribution in [-0.4, -0.2) is 0 Å². The molecule has 0 saturated carbocycles. The van der Waals surface area contributed by atoms with Crippen molar-refractivity contribution in [2.75, 3.05) is 0 Å². The SMILES string of the molecule is CCCCCCCCCCCCCCCCCCC(C)CCCC(C)CCCC(C)CCCCCCCC. The maximum Gasteiger partial charge on any atom is -0.0443 e. The van der Waals surface area contributed by atoms with Gasteiger partial charge in [0.25, 0.3) is 0 Å². The fourth-order valence-electron chi connectivity index (χ4n) is 6.38. The van der Waals surface area contributed by atoms with Crippen LogP contribution in [0.3, 0.4) is 0 Å². The Bertz CT molecular complexity index is 412. The van der Waals surface area contributed by atoms with Crippen LogP contribution in [0.2, 0.25) is 0 Å². The van der Waals surface area contributed by atoms with E-state index in [1.807, 2.05) is 0 Å². The van der Waals surface area contributed by atoms with Crippen molar-refractivity contribution in [1.82, 2.24) is 0 Å². The normalized spacial score (nSPS) is 14.1. The topological polar surface area (TPSA) is 0 Å². The molecule has 0 aromatic rings. The van der Waals surface area contributed by atoms with Crippen LogP contribution in [0.5, 0.6) is 0 Å². The highest BCUT2D eigenvalue weighted by Gasteiger charge is 2.08. The summed E-state index contributed by atoms with van der Waals surface area (Å²) in [6.07, 6.45) is 44.0. The minimum Gasteiger partial charge on any atom is -0.0654 e. The molecule has 0 saturated heterocycles. The van der Waals surface area contributed by atoms with Crippen LogP contribution >= 0.6 is 0 Å². The van der Waals surface area contributed by atoms with Crippen molar-refractivity contribution in [2.45, 2.75) is 227 Å². The highest BCUT2D eigenvalue weighted by molar-refractivity contribution is 4.61. The quantitative estimate of drug-likeness (QED) is 0.0752. The van der Waals surface area contributed by atoms with E-state index in [4.69, 9.17) is 0 Å². The zero-order chi connectivity index (χ0) is 27.9. The Morgan fingerprint density at radius 2 is 0.421 bits per heavy atom. The average Bonchev–Trinajstić information content (AvgIpc) is 2.90. The van der Waals surface area contributed by atoms with Crippen LogP contribution in [0.15, 0.2) is 0 Å². The molecule has 38 heavy (non-hydrogen) atoms. The molecule has 0 amide bonds. The summed E-state index contributed by atoms with van der Waals surface area (Å²) < 4.78 is 0. The van der Waals surface area contributed by atoms with Crippen LogP contribution in [0, 0.1) is 17.8 Å². The molecule has 0 aliphatic carbocycles. The predicted octanol–water partition coefficient (Wildman–Crippen LogP) is 14.6. The maximum absolute atomic E-state index is 2.51. The molecule has 3 atom stereocenters. The third-order valence-electron chi connectivity index (χ3n) is 9.39. The molecule has 0 fully saturated rings. The molecule has 0 bridgehead atoms. The zero-order valence-electron chi connectivity index (χ0n) is 27.9. The first kappa shape index (κ1) is 38.0. The summed E-state index contributed by atoms with van der Waals surface area (Å²) in [6.45, 7) is 12.1. The largest absolute Gasteiger partial charge is 0.0654 e. The third kappa shape index (κ3) is 30.5. The van der Waals surface area contributed by atoms with Gasteiger partial charge >= 0.3 is 0 Å². The van der Waals surface area contributed by atoms with Crippen LogP contribution in [0.1, 0.15) is 227 Å². The molecule has 0 nitrogen and oxygen atoms in total. The molecule has 0 spiro atoms. The maximum atomic E-state index is 2.51. The van der Waals surface area contributed by atoms with Gasteiger partial charge in [0.1, 0.15) is 0 Å². The Labute approximate surface area is 244 Å². The van der Waals surface area contributed by atoms with Crippen molar-refractivity contribution in [3.63, 3.8) is 0 Å². The van der Waals surface area contributed by atoms with Gasteiger partial charge < -0.3 is 0 Å². The van der Waals surface area contributed by atoms with E-state index < -0.39 is 0 Å². The fraction of sp³-hybridized carbons (Fsp3) is 1.00. The van der Waals surface area contributed by atoms with E-state index in [-0.39, 0.29) is 0 Å². The molecule has 0 aliphatic rings. The minimum absolute atomic E-state index is 0.944. The molecule has 0 aliphatic heterocycles. The van der Waals surface area contributed by atoms with Gasteiger partial charge in [-0.2, -0.15) is 0 Å². The molecule has 0 rings (SSSR count). The molecule has 0 aromatic heterocycles. The summed E-state index contributed by atoms with van der Waals surface area (Å²) in [7, 11) is 0. The molecule has 0 aromatic carbocycles. The zero-order valence-corrected chi connectivity index (χ0v) is 27.9. The summed E-state index contributed by atoms with van der Waals surface area (Å²) in [5.41, 5.74) is 0. The first-order valence-electron chi connectivity index (χ1n) is 18.6. The van der Waals surface area contributed by atoms with Crippen LogP contribution in [0.25, 0.3) is 0 Å². The lowest BCUT2D eigenvalue weighted by molar-refractivity contribution is 0.373.